The second-order valence-electron chi connectivity index (χ2n) is 13.2. The molecule has 4 amide bonds. The molecule has 12 nitrogen and oxygen atoms in total. The summed E-state index contributed by atoms with van der Waals surface area (Å²) in [6.07, 6.45) is 1.03. The highest BCUT2D eigenvalue weighted by Crippen LogP contribution is 2.20. The number of carboxylic acids is 1. The van der Waals surface area contributed by atoms with E-state index in [1.807, 2.05) is 65.0 Å². The average molecular weight is 654 g/mol. The number of aryl methyl sites for hydroxylation is 1. The number of likely N-dealkylation sites (N-methyl/N-ethyl adjacent to an activating group) is 1. The zero-order valence-corrected chi connectivity index (χ0v) is 28.5. The van der Waals surface area contributed by atoms with Crippen LogP contribution in [0, 0.1) is 5.92 Å². The van der Waals surface area contributed by atoms with Crippen molar-refractivity contribution in [2.45, 2.75) is 97.0 Å². The highest BCUT2D eigenvalue weighted by atomic mass is 16.5. The van der Waals surface area contributed by atoms with Crippen LogP contribution in [0.25, 0.3) is 0 Å². The van der Waals surface area contributed by atoms with Crippen LogP contribution in [-0.4, -0.2) is 83.0 Å². The number of nitrogens with one attached hydrogen (secondary N) is 3. The average Bonchev–Trinajstić information content (AvgIpc) is 3.00. The van der Waals surface area contributed by atoms with Gasteiger partial charge in [-0.1, -0.05) is 56.3 Å². The summed E-state index contributed by atoms with van der Waals surface area (Å²) >= 11 is 0. The molecular weight excluding hydrogens is 602 g/mol. The lowest BCUT2D eigenvalue weighted by atomic mass is 9.99. The molecular formula is C35H51N5O7. The molecule has 12 heteroatoms. The second-order valence-corrected chi connectivity index (χ2v) is 13.2. The first-order valence-electron chi connectivity index (χ1n) is 15.9. The summed E-state index contributed by atoms with van der Waals surface area (Å²) in [5.41, 5.74) is 7.09. The van der Waals surface area contributed by atoms with Crippen molar-refractivity contribution < 1.29 is 33.8 Å². The third-order valence-electron chi connectivity index (χ3n) is 7.25. The fourth-order valence-electron chi connectivity index (χ4n) is 4.82. The highest BCUT2D eigenvalue weighted by Gasteiger charge is 2.33. The Bertz CT molecular complexity index is 1340. The molecule has 0 radical (unpaired) electrons. The molecule has 2 rings (SSSR count). The zero-order chi connectivity index (χ0) is 35.3. The number of carbonyl (C=O) groups excluding carboxylic acids is 4. The Kier molecular flexibility index (Phi) is 14.9. The van der Waals surface area contributed by atoms with Gasteiger partial charge in [-0.3, -0.25) is 19.2 Å². The lowest BCUT2D eigenvalue weighted by Crippen LogP contribution is -2.57. The number of nitrogens with zero attached hydrogens (tertiary/aromatic N) is 1. The molecule has 0 heterocycles. The van der Waals surface area contributed by atoms with Gasteiger partial charge < -0.3 is 36.4 Å². The summed E-state index contributed by atoms with van der Waals surface area (Å²) in [5.74, 6) is -2.81. The summed E-state index contributed by atoms with van der Waals surface area (Å²) < 4.78 is 5.88. The highest BCUT2D eigenvalue weighted by molar-refractivity contribution is 5.94. The largest absolute Gasteiger partial charge is 0.488 e. The van der Waals surface area contributed by atoms with E-state index in [9.17, 15) is 29.1 Å². The number of carbonyl (C=O) groups is 5. The molecule has 0 aromatic heterocycles. The van der Waals surface area contributed by atoms with Gasteiger partial charge in [0.25, 0.3) is 0 Å². The number of amides is 4. The van der Waals surface area contributed by atoms with E-state index >= 15 is 0 Å². The maximum Gasteiger partial charge on any atom is 0.326 e. The first-order valence-corrected chi connectivity index (χ1v) is 15.9. The van der Waals surface area contributed by atoms with Gasteiger partial charge in [0.2, 0.25) is 23.6 Å². The molecule has 0 bridgehead atoms. The fraction of sp³-hybridized carbons (Fsp3) is 0.514. The van der Waals surface area contributed by atoms with Gasteiger partial charge in [0.05, 0.1) is 12.6 Å². The van der Waals surface area contributed by atoms with Crippen LogP contribution in [0.15, 0.2) is 54.6 Å². The summed E-state index contributed by atoms with van der Waals surface area (Å²) in [7, 11) is 1.48. The van der Waals surface area contributed by atoms with E-state index in [1.54, 1.807) is 24.3 Å². The Morgan fingerprint density at radius 1 is 0.872 bits per heavy atom. The third-order valence-corrected chi connectivity index (χ3v) is 7.25. The number of benzene rings is 2. The molecule has 0 aliphatic carbocycles. The van der Waals surface area contributed by atoms with Crippen molar-refractivity contribution in [1.29, 1.82) is 0 Å². The molecule has 258 valence electrons. The molecule has 4 atom stereocenters. The Morgan fingerprint density at radius 3 is 2.02 bits per heavy atom. The molecule has 0 fully saturated rings. The van der Waals surface area contributed by atoms with E-state index in [-0.39, 0.29) is 30.8 Å². The summed E-state index contributed by atoms with van der Waals surface area (Å²) in [6.45, 7) is 10.6. The van der Waals surface area contributed by atoms with E-state index in [1.165, 1.54) is 18.9 Å². The topological polar surface area (TPSA) is 180 Å². The first kappa shape index (κ1) is 38.7. The van der Waals surface area contributed by atoms with Gasteiger partial charge in [0.1, 0.15) is 29.5 Å². The van der Waals surface area contributed by atoms with Crippen LogP contribution >= 0.6 is 0 Å². The number of nitrogens with two attached hydrogens (primary N) is 1. The van der Waals surface area contributed by atoms with Crippen molar-refractivity contribution in [3.05, 3.63) is 65.7 Å². The first-order chi connectivity index (χ1) is 22.0. The quantitative estimate of drug-likeness (QED) is 0.173. The Labute approximate surface area is 277 Å². The lowest BCUT2D eigenvalue weighted by molar-refractivity contribution is -0.143. The van der Waals surface area contributed by atoms with E-state index in [0.717, 1.165) is 11.1 Å². The third kappa shape index (κ3) is 13.8. The summed E-state index contributed by atoms with van der Waals surface area (Å²) in [4.78, 5) is 65.6. The minimum Gasteiger partial charge on any atom is -0.488 e. The standard InChI is InChI=1S/C35H51N5O7/c1-22(2)19-29(32(43)37-21-30(41)38-27(34(45)46)18-15-24-11-9-8-10-12-24)40(7)33(44)28(39-31(42)23(3)36)20-25-13-16-26(17-14-25)47-35(4,5)6/h8-14,16-17,22-23,27-29H,15,18-21,36H2,1-7H3,(H,37,43)(H,38,41)(H,39,42)(H,45,46)/t23-,27+,28-,29-/m0/s1. The number of carboxylic acid groups (broad SMARTS) is 1. The van der Waals surface area contributed by atoms with Gasteiger partial charge in [-0.05, 0) is 76.1 Å². The van der Waals surface area contributed by atoms with Crippen molar-refractivity contribution in [2.24, 2.45) is 11.7 Å². The molecule has 0 aliphatic rings. The molecule has 0 aliphatic heterocycles. The van der Waals surface area contributed by atoms with Crippen LogP contribution in [0.3, 0.4) is 0 Å². The number of hydrogen-bond acceptors (Lipinski definition) is 7. The maximum atomic E-state index is 13.9. The van der Waals surface area contributed by atoms with Crippen LogP contribution < -0.4 is 26.4 Å². The van der Waals surface area contributed by atoms with Gasteiger partial charge in [0.15, 0.2) is 0 Å². The minimum atomic E-state index is -1.18. The second kappa shape index (κ2) is 18.0. The monoisotopic (exact) mass is 653 g/mol. The molecule has 0 unspecified atom stereocenters. The van der Waals surface area contributed by atoms with Gasteiger partial charge in [-0.2, -0.15) is 0 Å². The molecule has 2 aromatic carbocycles. The van der Waals surface area contributed by atoms with Crippen LogP contribution in [0.4, 0.5) is 0 Å². The molecule has 0 saturated heterocycles. The van der Waals surface area contributed by atoms with E-state index in [2.05, 4.69) is 16.0 Å². The number of ether oxygens (including phenoxy) is 1. The number of aliphatic carboxylic acids is 1. The van der Waals surface area contributed by atoms with E-state index in [4.69, 9.17) is 10.5 Å². The molecule has 6 N–H and O–H groups in total. The van der Waals surface area contributed by atoms with Crippen LogP contribution in [0.1, 0.15) is 65.5 Å². The fourth-order valence-corrected chi connectivity index (χ4v) is 4.82. The smallest absolute Gasteiger partial charge is 0.326 e. The molecule has 2 aromatic rings. The molecule has 0 saturated carbocycles. The van der Waals surface area contributed by atoms with Crippen molar-refractivity contribution >= 4 is 29.6 Å². The normalized spacial score (nSPS) is 13.9. The zero-order valence-electron chi connectivity index (χ0n) is 28.5. The Balaban J connectivity index is 2.14. The molecule has 0 spiro atoms. The van der Waals surface area contributed by atoms with Gasteiger partial charge in [-0.15, -0.1) is 0 Å². The van der Waals surface area contributed by atoms with Crippen LogP contribution in [0.2, 0.25) is 0 Å². The Morgan fingerprint density at radius 2 is 1.49 bits per heavy atom. The summed E-state index contributed by atoms with van der Waals surface area (Å²) in [5, 5.41) is 17.4. The number of hydrogen-bond donors (Lipinski definition) is 5. The van der Waals surface area contributed by atoms with Gasteiger partial charge in [-0.25, -0.2) is 4.79 Å². The van der Waals surface area contributed by atoms with Crippen molar-refractivity contribution in [3.63, 3.8) is 0 Å². The Hall–Kier alpha value is -4.45. The van der Waals surface area contributed by atoms with Gasteiger partial charge >= 0.3 is 5.97 Å². The van der Waals surface area contributed by atoms with Crippen molar-refractivity contribution in [1.82, 2.24) is 20.9 Å². The van der Waals surface area contributed by atoms with Crippen LogP contribution in [0.5, 0.6) is 5.75 Å². The molecule has 47 heavy (non-hydrogen) atoms. The van der Waals surface area contributed by atoms with Gasteiger partial charge in [0, 0.05) is 13.5 Å². The van der Waals surface area contributed by atoms with E-state index < -0.39 is 60.3 Å². The predicted octanol–water partition coefficient (Wildman–Crippen LogP) is 2.43. The number of rotatable bonds is 17. The van der Waals surface area contributed by atoms with E-state index in [0.29, 0.717) is 12.2 Å². The SMILES string of the molecule is CC(C)C[C@@H](C(=O)NCC(=O)N[C@H](CCc1ccccc1)C(=O)O)N(C)C(=O)[C@H](Cc1ccc(OC(C)(C)C)cc1)NC(=O)[C@H](C)N. The maximum absolute atomic E-state index is 13.9. The summed E-state index contributed by atoms with van der Waals surface area (Å²) in [6, 6.07) is 12.5. The lowest BCUT2D eigenvalue weighted by Gasteiger charge is -2.32. The van der Waals surface area contributed by atoms with Crippen molar-refractivity contribution in [3.8, 4) is 5.75 Å². The minimum absolute atomic E-state index is 0.00308. The van der Waals surface area contributed by atoms with Crippen LogP contribution in [-0.2, 0) is 36.8 Å². The van der Waals surface area contributed by atoms with Crippen molar-refractivity contribution in [2.75, 3.05) is 13.6 Å². The predicted molar refractivity (Wildman–Crippen MR) is 179 cm³/mol.